The Morgan fingerprint density at radius 1 is 1.47 bits per heavy atom. The van der Waals surface area contributed by atoms with E-state index in [2.05, 4.69) is 15.3 Å². The summed E-state index contributed by atoms with van der Waals surface area (Å²) in [4.78, 5) is 8.24. The van der Waals surface area contributed by atoms with Gasteiger partial charge in [0.15, 0.2) is 11.1 Å². The summed E-state index contributed by atoms with van der Waals surface area (Å²) >= 11 is 7.48. The molecule has 0 aliphatic carbocycles. The van der Waals surface area contributed by atoms with Gasteiger partial charge >= 0.3 is 0 Å². The molecule has 0 spiro atoms. The Morgan fingerprint density at radius 3 is 3.00 bits per heavy atom. The first kappa shape index (κ1) is 11.9. The standard InChI is InChI=1S/C11H11ClN4S/c12-9-4-2-1-3-8(9)7-15-10(13)16-11-14-5-6-17-11/h1-6H,7H2,(H3,13,14,15,16). The van der Waals surface area contributed by atoms with Crippen molar-refractivity contribution in [1.82, 2.24) is 4.98 Å². The number of rotatable bonds is 3. The molecule has 1 aromatic heterocycles. The number of nitrogens with one attached hydrogen (secondary N) is 1. The fraction of sp³-hybridized carbons (Fsp3) is 0.0909. The van der Waals surface area contributed by atoms with Gasteiger partial charge in [0.25, 0.3) is 0 Å². The average Bonchev–Trinajstić information content (AvgIpc) is 2.81. The average molecular weight is 267 g/mol. The lowest BCUT2D eigenvalue weighted by Crippen LogP contribution is -2.22. The monoisotopic (exact) mass is 266 g/mol. The Kier molecular flexibility index (Phi) is 3.95. The molecule has 0 aliphatic heterocycles. The molecule has 0 saturated heterocycles. The van der Waals surface area contributed by atoms with Crippen molar-refractivity contribution >= 4 is 34.0 Å². The largest absolute Gasteiger partial charge is 0.370 e. The van der Waals surface area contributed by atoms with Crippen LogP contribution in [0.1, 0.15) is 5.56 Å². The number of nitrogens with zero attached hydrogens (tertiary/aromatic N) is 2. The van der Waals surface area contributed by atoms with Gasteiger partial charge < -0.3 is 11.1 Å². The Balaban J connectivity index is 1.99. The van der Waals surface area contributed by atoms with Crippen LogP contribution in [0.25, 0.3) is 0 Å². The number of benzene rings is 1. The zero-order valence-electron chi connectivity index (χ0n) is 8.93. The van der Waals surface area contributed by atoms with Crippen LogP contribution in [-0.2, 0) is 6.54 Å². The van der Waals surface area contributed by atoms with Crippen LogP contribution in [0.3, 0.4) is 0 Å². The van der Waals surface area contributed by atoms with E-state index in [1.807, 2.05) is 29.6 Å². The summed E-state index contributed by atoms with van der Waals surface area (Å²) in [7, 11) is 0. The van der Waals surface area contributed by atoms with Gasteiger partial charge in [-0.25, -0.2) is 9.98 Å². The number of nitrogens with two attached hydrogens (primary N) is 1. The first-order valence-electron chi connectivity index (χ1n) is 4.95. The van der Waals surface area contributed by atoms with Crippen molar-refractivity contribution in [2.24, 2.45) is 10.7 Å². The predicted molar refractivity (Wildman–Crippen MR) is 72.5 cm³/mol. The summed E-state index contributed by atoms with van der Waals surface area (Å²) < 4.78 is 0. The fourth-order valence-electron chi connectivity index (χ4n) is 1.23. The highest BCUT2D eigenvalue weighted by molar-refractivity contribution is 7.13. The minimum atomic E-state index is 0.333. The highest BCUT2D eigenvalue weighted by Crippen LogP contribution is 2.15. The zero-order chi connectivity index (χ0) is 12.1. The van der Waals surface area contributed by atoms with Gasteiger partial charge in [-0.2, -0.15) is 0 Å². The molecule has 0 fully saturated rings. The van der Waals surface area contributed by atoms with Crippen LogP contribution >= 0.6 is 22.9 Å². The molecule has 1 heterocycles. The molecule has 0 aliphatic rings. The maximum atomic E-state index is 6.01. The molecule has 3 N–H and O–H groups in total. The molecule has 6 heteroatoms. The molecule has 2 aromatic rings. The Labute approximate surface area is 108 Å². The smallest absolute Gasteiger partial charge is 0.195 e. The second kappa shape index (κ2) is 5.65. The lowest BCUT2D eigenvalue weighted by atomic mass is 10.2. The number of guanidine groups is 1. The molecule has 2 rings (SSSR count). The van der Waals surface area contributed by atoms with E-state index in [9.17, 15) is 0 Å². The van der Waals surface area contributed by atoms with Crippen molar-refractivity contribution in [2.75, 3.05) is 5.32 Å². The molecular weight excluding hydrogens is 256 g/mol. The van der Waals surface area contributed by atoms with Crippen LogP contribution in [-0.4, -0.2) is 10.9 Å². The quantitative estimate of drug-likeness (QED) is 0.663. The molecule has 0 amide bonds. The normalized spacial score (nSPS) is 11.5. The van der Waals surface area contributed by atoms with Crippen LogP contribution < -0.4 is 11.1 Å². The minimum absolute atomic E-state index is 0.333. The number of hydrogen-bond donors (Lipinski definition) is 2. The molecule has 0 saturated carbocycles. The van der Waals surface area contributed by atoms with E-state index >= 15 is 0 Å². The third kappa shape index (κ3) is 3.44. The van der Waals surface area contributed by atoms with E-state index in [0.29, 0.717) is 17.5 Å². The van der Waals surface area contributed by atoms with E-state index in [0.717, 1.165) is 10.7 Å². The first-order valence-corrected chi connectivity index (χ1v) is 6.21. The Hall–Kier alpha value is -1.59. The lowest BCUT2D eigenvalue weighted by Gasteiger charge is -2.03. The third-order valence-electron chi connectivity index (χ3n) is 2.04. The van der Waals surface area contributed by atoms with Gasteiger partial charge in [0.05, 0.1) is 6.54 Å². The van der Waals surface area contributed by atoms with Crippen LogP contribution in [0.4, 0.5) is 5.13 Å². The molecule has 0 radical (unpaired) electrons. The van der Waals surface area contributed by atoms with Crippen molar-refractivity contribution in [2.45, 2.75) is 6.54 Å². The van der Waals surface area contributed by atoms with Crippen molar-refractivity contribution in [1.29, 1.82) is 0 Å². The molecule has 0 unspecified atom stereocenters. The van der Waals surface area contributed by atoms with Crippen molar-refractivity contribution in [3.63, 3.8) is 0 Å². The summed E-state index contributed by atoms with van der Waals surface area (Å²) in [5, 5.41) is 6.19. The van der Waals surface area contributed by atoms with Gasteiger partial charge in [0, 0.05) is 16.6 Å². The van der Waals surface area contributed by atoms with E-state index in [-0.39, 0.29) is 0 Å². The summed E-state index contributed by atoms with van der Waals surface area (Å²) in [6, 6.07) is 7.55. The Morgan fingerprint density at radius 2 is 2.29 bits per heavy atom. The molecule has 0 atom stereocenters. The lowest BCUT2D eigenvalue weighted by molar-refractivity contribution is 1.06. The van der Waals surface area contributed by atoms with Gasteiger partial charge in [-0.05, 0) is 11.6 Å². The van der Waals surface area contributed by atoms with Gasteiger partial charge in [-0.3, -0.25) is 0 Å². The fourth-order valence-corrected chi connectivity index (χ4v) is 1.96. The SMILES string of the molecule is NC(=NCc1ccccc1Cl)Nc1nccs1. The van der Waals surface area contributed by atoms with Gasteiger partial charge in [-0.15, -0.1) is 11.3 Å². The van der Waals surface area contributed by atoms with Gasteiger partial charge in [-0.1, -0.05) is 29.8 Å². The van der Waals surface area contributed by atoms with Crippen LogP contribution in [0.2, 0.25) is 5.02 Å². The highest BCUT2D eigenvalue weighted by atomic mass is 35.5. The second-order valence-corrected chi connectivity index (χ2v) is 4.56. The summed E-state index contributed by atoms with van der Waals surface area (Å²) in [5.74, 6) is 0.333. The topological polar surface area (TPSA) is 63.3 Å². The number of thiazole rings is 1. The number of hydrogen-bond acceptors (Lipinski definition) is 3. The van der Waals surface area contributed by atoms with Crippen molar-refractivity contribution < 1.29 is 0 Å². The molecule has 17 heavy (non-hydrogen) atoms. The number of halogens is 1. The highest BCUT2D eigenvalue weighted by Gasteiger charge is 1.99. The van der Waals surface area contributed by atoms with E-state index < -0.39 is 0 Å². The second-order valence-electron chi connectivity index (χ2n) is 3.26. The van der Waals surface area contributed by atoms with Gasteiger partial charge in [0.2, 0.25) is 0 Å². The zero-order valence-corrected chi connectivity index (χ0v) is 10.5. The number of aliphatic imine (C=N–C) groups is 1. The molecule has 1 aromatic carbocycles. The molecule has 0 bridgehead atoms. The minimum Gasteiger partial charge on any atom is -0.370 e. The van der Waals surface area contributed by atoms with Crippen LogP contribution in [0.15, 0.2) is 40.8 Å². The summed E-state index contributed by atoms with van der Waals surface area (Å²) in [5.41, 5.74) is 6.67. The Bertz CT molecular complexity index is 510. The predicted octanol–water partition coefficient (Wildman–Crippen LogP) is 2.72. The van der Waals surface area contributed by atoms with E-state index in [4.69, 9.17) is 17.3 Å². The molecule has 4 nitrogen and oxygen atoms in total. The van der Waals surface area contributed by atoms with Crippen LogP contribution in [0, 0.1) is 0 Å². The van der Waals surface area contributed by atoms with Crippen molar-refractivity contribution in [3.8, 4) is 0 Å². The van der Waals surface area contributed by atoms with E-state index in [1.54, 1.807) is 6.20 Å². The molecular formula is C11H11ClN4S. The summed E-state index contributed by atoms with van der Waals surface area (Å²) in [6.45, 7) is 0.448. The number of aromatic nitrogens is 1. The molecule has 88 valence electrons. The number of anilines is 1. The van der Waals surface area contributed by atoms with E-state index in [1.165, 1.54) is 11.3 Å². The van der Waals surface area contributed by atoms with Crippen molar-refractivity contribution in [3.05, 3.63) is 46.4 Å². The first-order chi connectivity index (χ1) is 8.25. The maximum absolute atomic E-state index is 6.01. The van der Waals surface area contributed by atoms with Crippen LogP contribution in [0.5, 0.6) is 0 Å². The summed E-state index contributed by atoms with van der Waals surface area (Å²) in [6.07, 6.45) is 1.70. The van der Waals surface area contributed by atoms with Gasteiger partial charge in [0.1, 0.15) is 0 Å². The maximum Gasteiger partial charge on any atom is 0.195 e. The third-order valence-corrected chi connectivity index (χ3v) is 3.10.